The third-order valence-electron chi connectivity index (χ3n) is 6.18. The number of piperidine rings is 1. The number of thiophene rings is 1. The number of amides is 1. The van der Waals surface area contributed by atoms with Crippen molar-refractivity contribution in [2.45, 2.75) is 25.9 Å². The van der Waals surface area contributed by atoms with Gasteiger partial charge < -0.3 is 10.2 Å². The number of hydrogen-bond donors (Lipinski definition) is 1. The zero-order chi connectivity index (χ0) is 23.5. The van der Waals surface area contributed by atoms with Crippen molar-refractivity contribution in [3.05, 3.63) is 93.3 Å². The number of rotatable bonds is 6. The Labute approximate surface area is 200 Å². The molecular weight excluding hydrogens is 451 g/mol. The van der Waals surface area contributed by atoms with Crippen molar-refractivity contribution < 1.29 is 9.18 Å². The van der Waals surface area contributed by atoms with Crippen LogP contribution in [-0.4, -0.2) is 28.5 Å². The summed E-state index contributed by atoms with van der Waals surface area (Å²) in [6.07, 6.45) is 1.62. The van der Waals surface area contributed by atoms with Gasteiger partial charge in [0, 0.05) is 19.6 Å². The van der Waals surface area contributed by atoms with Gasteiger partial charge >= 0.3 is 0 Å². The molecule has 1 aliphatic heterocycles. The number of carbonyl (C=O) groups is 1. The molecule has 34 heavy (non-hydrogen) atoms. The lowest BCUT2D eigenvalue weighted by molar-refractivity contribution is -0.125. The van der Waals surface area contributed by atoms with Gasteiger partial charge in [-0.05, 0) is 47.5 Å². The first-order valence-electron chi connectivity index (χ1n) is 11.4. The quantitative estimate of drug-likeness (QED) is 0.453. The van der Waals surface area contributed by atoms with E-state index in [9.17, 15) is 14.0 Å². The average molecular weight is 477 g/mol. The van der Waals surface area contributed by atoms with Crippen molar-refractivity contribution in [3.8, 4) is 0 Å². The van der Waals surface area contributed by atoms with Gasteiger partial charge in [-0.25, -0.2) is 9.37 Å². The Bertz CT molecular complexity index is 1350. The standard InChI is InChI=1S/C26H25FN4O2S/c27-21-10-8-19(9-11-21)16-31-25(33)23-22(12-14-34-23)29-26(31)30-13-4-7-20(17-30)24(32)28-15-18-5-2-1-3-6-18/h1-3,5-6,8-12,14,20H,4,7,13,15-17H2,(H,28,32)/t20-/m0/s1. The number of nitrogens with zero attached hydrogens (tertiary/aromatic N) is 3. The van der Waals surface area contributed by atoms with E-state index in [-0.39, 0.29) is 29.7 Å². The SMILES string of the molecule is O=C(NCc1ccccc1)[C@H]1CCCN(c2nc3ccsc3c(=O)n2Cc2ccc(F)cc2)C1. The highest BCUT2D eigenvalue weighted by molar-refractivity contribution is 7.17. The molecule has 1 N–H and O–H groups in total. The molecule has 6 nitrogen and oxygen atoms in total. The van der Waals surface area contributed by atoms with Crippen LogP contribution in [0.15, 0.2) is 70.8 Å². The number of carbonyl (C=O) groups excluding carboxylic acids is 1. The molecule has 2 aromatic carbocycles. The molecule has 0 unspecified atom stereocenters. The Morgan fingerprint density at radius 3 is 2.68 bits per heavy atom. The smallest absolute Gasteiger partial charge is 0.273 e. The zero-order valence-electron chi connectivity index (χ0n) is 18.6. The van der Waals surface area contributed by atoms with E-state index in [1.807, 2.05) is 46.7 Å². The van der Waals surface area contributed by atoms with Gasteiger partial charge in [0.1, 0.15) is 10.5 Å². The Kier molecular flexibility index (Phi) is 6.40. The summed E-state index contributed by atoms with van der Waals surface area (Å²) < 4.78 is 15.7. The third kappa shape index (κ3) is 4.72. The van der Waals surface area contributed by atoms with Gasteiger partial charge in [0.25, 0.3) is 5.56 Å². The van der Waals surface area contributed by atoms with Gasteiger partial charge in [0.05, 0.1) is 18.0 Å². The molecular formula is C26H25FN4O2S. The van der Waals surface area contributed by atoms with Crippen molar-refractivity contribution in [1.29, 1.82) is 0 Å². The van der Waals surface area contributed by atoms with Crippen molar-refractivity contribution in [1.82, 2.24) is 14.9 Å². The van der Waals surface area contributed by atoms with Crippen molar-refractivity contribution in [2.75, 3.05) is 18.0 Å². The molecule has 4 aromatic rings. The number of halogens is 1. The highest BCUT2D eigenvalue weighted by atomic mass is 32.1. The molecule has 0 spiro atoms. The second kappa shape index (κ2) is 9.77. The molecule has 5 rings (SSSR count). The van der Waals surface area contributed by atoms with Gasteiger partial charge in [0.2, 0.25) is 11.9 Å². The predicted octanol–water partition coefficient (Wildman–Crippen LogP) is 4.18. The lowest BCUT2D eigenvalue weighted by Gasteiger charge is -2.34. The van der Waals surface area contributed by atoms with Gasteiger partial charge in [-0.1, -0.05) is 42.5 Å². The predicted molar refractivity (Wildman–Crippen MR) is 133 cm³/mol. The van der Waals surface area contributed by atoms with E-state index < -0.39 is 0 Å². The molecule has 1 atom stereocenters. The molecule has 1 fully saturated rings. The largest absolute Gasteiger partial charge is 0.352 e. The van der Waals surface area contributed by atoms with E-state index in [1.165, 1.54) is 23.5 Å². The van der Waals surface area contributed by atoms with Crippen molar-refractivity contribution in [3.63, 3.8) is 0 Å². The Balaban J connectivity index is 1.40. The summed E-state index contributed by atoms with van der Waals surface area (Å²) in [6, 6.07) is 17.8. The number of hydrogen-bond acceptors (Lipinski definition) is 5. The summed E-state index contributed by atoms with van der Waals surface area (Å²) in [6.45, 7) is 1.99. The van der Waals surface area contributed by atoms with E-state index in [1.54, 1.807) is 16.7 Å². The minimum Gasteiger partial charge on any atom is -0.352 e. The molecule has 0 radical (unpaired) electrons. The zero-order valence-corrected chi connectivity index (χ0v) is 19.4. The highest BCUT2D eigenvalue weighted by Gasteiger charge is 2.28. The summed E-state index contributed by atoms with van der Waals surface area (Å²) in [7, 11) is 0. The Morgan fingerprint density at radius 2 is 1.88 bits per heavy atom. The maximum absolute atomic E-state index is 13.4. The number of benzene rings is 2. The number of nitrogens with one attached hydrogen (secondary N) is 1. The molecule has 3 heterocycles. The van der Waals surface area contributed by atoms with E-state index in [0.717, 1.165) is 24.0 Å². The van der Waals surface area contributed by atoms with E-state index in [4.69, 9.17) is 4.98 Å². The normalized spacial score (nSPS) is 16.0. The van der Waals surface area contributed by atoms with Crippen LogP contribution in [0.3, 0.4) is 0 Å². The Hall–Kier alpha value is -3.52. The summed E-state index contributed by atoms with van der Waals surface area (Å²) in [5.41, 5.74) is 2.42. The number of fused-ring (bicyclic) bond motifs is 1. The van der Waals surface area contributed by atoms with E-state index >= 15 is 0 Å². The summed E-state index contributed by atoms with van der Waals surface area (Å²) in [5, 5.41) is 4.91. The molecule has 1 saturated heterocycles. The highest BCUT2D eigenvalue weighted by Crippen LogP contribution is 2.25. The molecule has 0 saturated carbocycles. The van der Waals surface area contributed by atoms with Gasteiger partial charge in [0.15, 0.2) is 0 Å². The topological polar surface area (TPSA) is 67.2 Å². The Morgan fingerprint density at radius 1 is 1.09 bits per heavy atom. The van der Waals surface area contributed by atoms with Crippen LogP contribution >= 0.6 is 11.3 Å². The fourth-order valence-corrected chi connectivity index (χ4v) is 5.17. The van der Waals surface area contributed by atoms with Crippen LogP contribution in [-0.2, 0) is 17.9 Å². The maximum atomic E-state index is 13.4. The first-order valence-corrected chi connectivity index (χ1v) is 12.3. The second-order valence-electron chi connectivity index (χ2n) is 8.55. The fraction of sp³-hybridized carbons (Fsp3) is 0.269. The monoisotopic (exact) mass is 476 g/mol. The van der Waals surface area contributed by atoms with Crippen LogP contribution in [0.1, 0.15) is 24.0 Å². The second-order valence-corrected chi connectivity index (χ2v) is 9.47. The molecule has 1 aliphatic rings. The van der Waals surface area contributed by atoms with Crippen LogP contribution in [0.4, 0.5) is 10.3 Å². The maximum Gasteiger partial charge on any atom is 0.273 e. The molecule has 2 aromatic heterocycles. The summed E-state index contributed by atoms with van der Waals surface area (Å²) >= 11 is 1.37. The van der Waals surface area contributed by atoms with Crippen LogP contribution in [0, 0.1) is 11.7 Å². The molecule has 0 bridgehead atoms. The molecule has 8 heteroatoms. The van der Waals surface area contributed by atoms with Gasteiger partial charge in [-0.15, -0.1) is 11.3 Å². The fourth-order valence-electron chi connectivity index (χ4n) is 4.39. The molecule has 0 aliphatic carbocycles. The van der Waals surface area contributed by atoms with E-state index in [2.05, 4.69) is 5.32 Å². The van der Waals surface area contributed by atoms with Crippen molar-refractivity contribution in [2.24, 2.45) is 5.92 Å². The molecule has 1 amide bonds. The van der Waals surface area contributed by atoms with Crippen LogP contribution in [0.5, 0.6) is 0 Å². The van der Waals surface area contributed by atoms with Crippen LogP contribution in [0.2, 0.25) is 0 Å². The first-order chi connectivity index (χ1) is 16.6. The minimum atomic E-state index is -0.316. The third-order valence-corrected chi connectivity index (χ3v) is 7.08. The summed E-state index contributed by atoms with van der Waals surface area (Å²) in [5.74, 6) is 0.0636. The summed E-state index contributed by atoms with van der Waals surface area (Å²) in [4.78, 5) is 33.1. The molecule has 174 valence electrons. The van der Waals surface area contributed by atoms with E-state index in [0.29, 0.717) is 35.8 Å². The van der Waals surface area contributed by atoms with Gasteiger partial charge in [-0.2, -0.15) is 0 Å². The van der Waals surface area contributed by atoms with Crippen molar-refractivity contribution >= 4 is 33.4 Å². The van der Waals surface area contributed by atoms with Crippen LogP contribution < -0.4 is 15.8 Å². The average Bonchev–Trinajstić information content (AvgIpc) is 3.35. The van der Waals surface area contributed by atoms with Gasteiger partial charge in [-0.3, -0.25) is 14.2 Å². The lowest BCUT2D eigenvalue weighted by Crippen LogP contribution is -2.45. The first kappa shape index (κ1) is 22.3. The number of aromatic nitrogens is 2. The number of anilines is 1. The lowest BCUT2D eigenvalue weighted by atomic mass is 9.97. The minimum absolute atomic E-state index is 0.0117. The van der Waals surface area contributed by atoms with Crippen LogP contribution in [0.25, 0.3) is 10.2 Å².